The molecular weight excluding hydrogens is 340 g/mol. The second-order valence-corrected chi connectivity index (χ2v) is 7.07. The van der Waals surface area contributed by atoms with Crippen molar-refractivity contribution in [1.82, 2.24) is 20.3 Å². The number of fused-ring (bicyclic) bond motifs is 1. The highest BCUT2D eigenvalue weighted by atomic mass is 16.8. The fourth-order valence-electron chi connectivity index (χ4n) is 3.30. The van der Waals surface area contributed by atoms with Crippen molar-refractivity contribution < 1.29 is 24.1 Å². The third-order valence-corrected chi connectivity index (χ3v) is 4.56. The molecule has 26 heavy (non-hydrogen) atoms. The standard InChI is InChI=1S/C17H22N4O5/c1-17(2)25-14-13(22)12(24-16(14)26-17)9-21-8-11(19-20-21)7-18-15(23)10-5-3-4-6-10/h3-5,8,12-14,16,22H,6-7,9H2,1-2H3,(H,18,23)/t12-,13+,14-,16-/m1/s1. The highest BCUT2D eigenvalue weighted by Crippen LogP contribution is 2.37. The van der Waals surface area contributed by atoms with E-state index >= 15 is 0 Å². The number of carbonyl (C=O) groups excluding carboxylic acids is 1. The predicted octanol–water partition coefficient (Wildman–Crippen LogP) is 0.0179. The molecule has 140 valence electrons. The molecule has 1 aromatic heterocycles. The minimum Gasteiger partial charge on any atom is -0.387 e. The first-order chi connectivity index (χ1) is 12.4. The lowest BCUT2D eigenvalue weighted by Crippen LogP contribution is -2.36. The molecule has 0 unspecified atom stereocenters. The number of aliphatic hydroxyl groups excluding tert-OH is 1. The van der Waals surface area contributed by atoms with Crippen LogP contribution in [0.5, 0.6) is 0 Å². The van der Waals surface area contributed by atoms with Gasteiger partial charge in [0.25, 0.3) is 0 Å². The largest absolute Gasteiger partial charge is 0.387 e. The smallest absolute Gasteiger partial charge is 0.247 e. The zero-order valence-corrected chi connectivity index (χ0v) is 14.7. The van der Waals surface area contributed by atoms with Crippen molar-refractivity contribution in [3.63, 3.8) is 0 Å². The van der Waals surface area contributed by atoms with E-state index in [9.17, 15) is 9.90 Å². The molecule has 1 aromatic rings. The molecule has 1 amide bonds. The number of amides is 1. The Kier molecular flexibility index (Phi) is 4.39. The molecule has 3 heterocycles. The molecule has 1 aliphatic carbocycles. The SMILES string of the molecule is CC1(C)O[C@H]2O[C@H](Cn3cc(CNC(=O)C4=CC=CC4)nn3)[C@H](O)[C@H]2O1. The average molecular weight is 362 g/mol. The molecule has 9 nitrogen and oxygen atoms in total. The number of nitrogens with one attached hydrogen (secondary N) is 1. The van der Waals surface area contributed by atoms with E-state index in [1.807, 2.05) is 12.2 Å². The van der Waals surface area contributed by atoms with Gasteiger partial charge in [-0.3, -0.25) is 4.79 Å². The number of carbonyl (C=O) groups is 1. The van der Waals surface area contributed by atoms with Gasteiger partial charge in [0.2, 0.25) is 5.91 Å². The van der Waals surface area contributed by atoms with Crippen LogP contribution >= 0.6 is 0 Å². The third-order valence-electron chi connectivity index (χ3n) is 4.56. The van der Waals surface area contributed by atoms with E-state index in [4.69, 9.17) is 14.2 Å². The Bertz CT molecular complexity index is 756. The fraction of sp³-hybridized carbons (Fsp3) is 0.588. The monoisotopic (exact) mass is 362 g/mol. The lowest BCUT2D eigenvalue weighted by Gasteiger charge is -2.22. The van der Waals surface area contributed by atoms with E-state index in [1.165, 1.54) is 0 Å². The van der Waals surface area contributed by atoms with E-state index < -0.39 is 30.4 Å². The Morgan fingerprint density at radius 2 is 2.31 bits per heavy atom. The third kappa shape index (κ3) is 3.43. The van der Waals surface area contributed by atoms with Crippen molar-refractivity contribution >= 4 is 5.91 Å². The first-order valence-corrected chi connectivity index (χ1v) is 8.63. The normalized spacial score (nSPS) is 31.9. The predicted molar refractivity (Wildman–Crippen MR) is 88.4 cm³/mol. The molecule has 2 saturated heterocycles. The zero-order chi connectivity index (χ0) is 18.3. The minimum atomic E-state index is -0.809. The summed E-state index contributed by atoms with van der Waals surface area (Å²) >= 11 is 0. The molecule has 0 bridgehead atoms. The summed E-state index contributed by atoms with van der Waals surface area (Å²) in [5.41, 5.74) is 1.36. The first kappa shape index (κ1) is 17.3. The van der Waals surface area contributed by atoms with E-state index in [0.29, 0.717) is 18.7 Å². The molecule has 0 saturated carbocycles. The van der Waals surface area contributed by atoms with Crippen molar-refractivity contribution in [2.75, 3.05) is 0 Å². The molecule has 4 rings (SSSR count). The van der Waals surface area contributed by atoms with Crippen LogP contribution in [0.15, 0.2) is 30.0 Å². The summed E-state index contributed by atoms with van der Waals surface area (Å²) in [7, 11) is 0. The summed E-state index contributed by atoms with van der Waals surface area (Å²) in [6.45, 7) is 4.17. The number of aliphatic hydroxyl groups is 1. The van der Waals surface area contributed by atoms with Crippen LogP contribution in [0.4, 0.5) is 0 Å². The number of rotatable bonds is 5. The van der Waals surface area contributed by atoms with Crippen molar-refractivity contribution in [3.05, 3.63) is 35.7 Å². The molecule has 2 fully saturated rings. The maximum atomic E-state index is 12.0. The van der Waals surface area contributed by atoms with Gasteiger partial charge in [0, 0.05) is 5.57 Å². The zero-order valence-electron chi connectivity index (χ0n) is 14.7. The Morgan fingerprint density at radius 1 is 1.46 bits per heavy atom. The maximum absolute atomic E-state index is 12.0. The molecule has 2 N–H and O–H groups in total. The highest BCUT2D eigenvalue weighted by Gasteiger charge is 2.54. The molecular formula is C17H22N4O5. The lowest BCUT2D eigenvalue weighted by molar-refractivity contribution is -0.216. The van der Waals surface area contributed by atoms with E-state index in [2.05, 4.69) is 15.6 Å². The van der Waals surface area contributed by atoms with Crippen LogP contribution in [0.3, 0.4) is 0 Å². The average Bonchev–Trinajstić information content (AvgIpc) is 3.34. The van der Waals surface area contributed by atoms with Gasteiger partial charge in [-0.15, -0.1) is 5.10 Å². The fourth-order valence-corrected chi connectivity index (χ4v) is 3.30. The van der Waals surface area contributed by atoms with Crippen molar-refractivity contribution in [2.45, 2.75) is 63.7 Å². The van der Waals surface area contributed by atoms with E-state index in [-0.39, 0.29) is 12.5 Å². The Morgan fingerprint density at radius 3 is 3.04 bits per heavy atom. The summed E-state index contributed by atoms with van der Waals surface area (Å²) < 4.78 is 18.6. The van der Waals surface area contributed by atoms with Crippen molar-refractivity contribution in [2.24, 2.45) is 0 Å². The van der Waals surface area contributed by atoms with Gasteiger partial charge in [0.15, 0.2) is 12.1 Å². The van der Waals surface area contributed by atoms with Crippen LogP contribution in [0.25, 0.3) is 0 Å². The molecule has 4 atom stereocenters. The van der Waals surface area contributed by atoms with Gasteiger partial charge < -0.3 is 24.6 Å². The van der Waals surface area contributed by atoms with Crippen LogP contribution in [0.1, 0.15) is 26.0 Å². The first-order valence-electron chi connectivity index (χ1n) is 8.63. The number of aromatic nitrogens is 3. The molecule has 9 heteroatoms. The van der Waals surface area contributed by atoms with Crippen LogP contribution in [0, 0.1) is 0 Å². The number of ether oxygens (including phenoxy) is 3. The Hall–Kier alpha value is -2.07. The molecule has 0 spiro atoms. The summed E-state index contributed by atoms with van der Waals surface area (Å²) in [6, 6.07) is 0. The molecule has 3 aliphatic rings. The van der Waals surface area contributed by atoms with E-state index in [1.54, 1.807) is 30.8 Å². The van der Waals surface area contributed by atoms with Crippen molar-refractivity contribution in [1.29, 1.82) is 0 Å². The number of hydrogen-bond donors (Lipinski definition) is 2. The second kappa shape index (κ2) is 6.58. The van der Waals surface area contributed by atoms with Crippen LogP contribution in [0.2, 0.25) is 0 Å². The van der Waals surface area contributed by atoms with Crippen LogP contribution in [-0.4, -0.2) is 56.4 Å². The van der Waals surface area contributed by atoms with E-state index in [0.717, 1.165) is 5.57 Å². The van der Waals surface area contributed by atoms with Gasteiger partial charge in [-0.2, -0.15) is 0 Å². The lowest BCUT2D eigenvalue weighted by atomic mass is 10.1. The highest BCUT2D eigenvalue weighted by molar-refractivity contribution is 5.94. The van der Waals surface area contributed by atoms with Gasteiger partial charge in [-0.25, -0.2) is 4.68 Å². The van der Waals surface area contributed by atoms with Gasteiger partial charge in [-0.05, 0) is 20.3 Å². The molecule has 0 radical (unpaired) electrons. The van der Waals surface area contributed by atoms with Gasteiger partial charge in [0.05, 0.1) is 19.3 Å². The number of hydrogen-bond acceptors (Lipinski definition) is 7. The van der Waals surface area contributed by atoms with Gasteiger partial charge >= 0.3 is 0 Å². The Balaban J connectivity index is 1.30. The second-order valence-electron chi connectivity index (χ2n) is 7.07. The van der Waals surface area contributed by atoms with Crippen LogP contribution < -0.4 is 5.32 Å². The van der Waals surface area contributed by atoms with Crippen molar-refractivity contribution in [3.8, 4) is 0 Å². The van der Waals surface area contributed by atoms with Gasteiger partial charge in [0.1, 0.15) is 24.0 Å². The minimum absolute atomic E-state index is 0.108. The van der Waals surface area contributed by atoms with Gasteiger partial charge in [-0.1, -0.05) is 23.4 Å². The summed E-state index contributed by atoms with van der Waals surface area (Å²) in [4.78, 5) is 12.0. The van der Waals surface area contributed by atoms with Crippen LogP contribution in [-0.2, 0) is 32.1 Å². The Labute approximate surface area is 150 Å². The quantitative estimate of drug-likeness (QED) is 0.760. The summed E-state index contributed by atoms with van der Waals surface area (Å²) in [5.74, 6) is -0.867. The summed E-state index contributed by atoms with van der Waals surface area (Å²) in [5, 5.41) is 21.3. The number of nitrogens with zero attached hydrogens (tertiary/aromatic N) is 3. The molecule has 2 aliphatic heterocycles. The summed E-state index contributed by atoms with van der Waals surface area (Å²) in [6.07, 6.45) is 5.56. The number of allylic oxidation sites excluding steroid dienone is 3. The molecule has 0 aromatic carbocycles. The maximum Gasteiger partial charge on any atom is 0.247 e. The topological polar surface area (TPSA) is 108 Å².